The average molecular weight is 205 g/mol. The fourth-order valence-corrected chi connectivity index (χ4v) is 1.62. The van der Waals surface area contributed by atoms with Crippen LogP contribution in [-0.2, 0) is 0 Å². The van der Waals surface area contributed by atoms with Crippen LogP contribution in [0.5, 0.6) is 0 Å². The Kier molecular flexibility index (Phi) is 3.47. The molecule has 1 aromatic carbocycles. The van der Waals surface area contributed by atoms with E-state index in [1.54, 1.807) is 6.07 Å². The van der Waals surface area contributed by atoms with Crippen LogP contribution in [0.3, 0.4) is 0 Å². The summed E-state index contributed by atoms with van der Waals surface area (Å²) in [7, 11) is 0. The quantitative estimate of drug-likeness (QED) is 0.717. The maximum atomic E-state index is 13.7. The van der Waals surface area contributed by atoms with Gasteiger partial charge in [0.2, 0.25) is 0 Å². The molecule has 15 heavy (non-hydrogen) atoms. The first-order valence-corrected chi connectivity index (χ1v) is 5.20. The van der Waals surface area contributed by atoms with E-state index in [0.717, 1.165) is 5.56 Å². The molecule has 0 saturated carbocycles. The highest BCUT2D eigenvalue weighted by molar-refractivity contribution is 5.43. The SMILES string of the molecule is CC(C)c1cc(C#N)c(C(C)C)cc1F. The first-order valence-electron chi connectivity index (χ1n) is 5.20. The van der Waals surface area contributed by atoms with Gasteiger partial charge in [0.1, 0.15) is 5.82 Å². The number of benzene rings is 1. The van der Waals surface area contributed by atoms with Crippen molar-refractivity contribution in [1.82, 2.24) is 0 Å². The molecule has 0 aromatic heterocycles. The normalized spacial score (nSPS) is 10.8. The van der Waals surface area contributed by atoms with Crippen molar-refractivity contribution in [2.24, 2.45) is 0 Å². The van der Waals surface area contributed by atoms with Gasteiger partial charge in [-0.2, -0.15) is 5.26 Å². The molecule has 0 N–H and O–H groups in total. The lowest BCUT2D eigenvalue weighted by molar-refractivity contribution is 0.594. The molecular weight excluding hydrogens is 189 g/mol. The van der Waals surface area contributed by atoms with Gasteiger partial charge in [-0.15, -0.1) is 0 Å². The topological polar surface area (TPSA) is 23.8 Å². The van der Waals surface area contributed by atoms with Crippen molar-refractivity contribution in [2.45, 2.75) is 39.5 Å². The maximum Gasteiger partial charge on any atom is 0.127 e. The van der Waals surface area contributed by atoms with Crippen LogP contribution in [-0.4, -0.2) is 0 Å². The second kappa shape index (κ2) is 4.44. The van der Waals surface area contributed by atoms with Crippen molar-refractivity contribution >= 4 is 0 Å². The number of nitriles is 1. The molecule has 0 fully saturated rings. The number of nitrogens with zero attached hydrogens (tertiary/aromatic N) is 1. The molecule has 0 spiro atoms. The molecular formula is C13H16FN. The van der Waals surface area contributed by atoms with Gasteiger partial charge in [-0.25, -0.2) is 4.39 Å². The van der Waals surface area contributed by atoms with E-state index in [9.17, 15) is 4.39 Å². The molecule has 1 aromatic rings. The van der Waals surface area contributed by atoms with Crippen molar-refractivity contribution < 1.29 is 4.39 Å². The highest BCUT2D eigenvalue weighted by Gasteiger charge is 2.13. The second-order valence-corrected chi connectivity index (χ2v) is 4.38. The Morgan fingerprint density at radius 3 is 2.00 bits per heavy atom. The van der Waals surface area contributed by atoms with E-state index < -0.39 is 0 Å². The molecule has 0 bridgehead atoms. The van der Waals surface area contributed by atoms with Gasteiger partial charge in [0, 0.05) is 0 Å². The Labute approximate surface area is 90.5 Å². The maximum absolute atomic E-state index is 13.7. The minimum absolute atomic E-state index is 0.110. The van der Waals surface area contributed by atoms with Crippen LogP contribution in [0, 0.1) is 17.1 Å². The lowest BCUT2D eigenvalue weighted by Crippen LogP contribution is -2.00. The van der Waals surface area contributed by atoms with Crippen molar-refractivity contribution in [1.29, 1.82) is 5.26 Å². The van der Waals surface area contributed by atoms with Gasteiger partial charge < -0.3 is 0 Å². The second-order valence-electron chi connectivity index (χ2n) is 4.38. The summed E-state index contributed by atoms with van der Waals surface area (Å²) >= 11 is 0. The summed E-state index contributed by atoms with van der Waals surface area (Å²) in [6, 6.07) is 5.31. The lowest BCUT2D eigenvalue weighted by Gasteiger charge is -2.13. The molecule has 0 aliphatic heterocycles. The standard InChI is InChI=1S/C13H16FN/c1-8(2)11-6-13(14)12(9(3)4)5-10(11)7-15/h5-6,8-9H,1-4H3. The monoisotopic (exact) mass is 205 g/mol. The Hall–Kier alpha value is -1.36. The van der Waals surface area contributed by atoms with Gasteiger partial charge in [-0.3, -0.25) is 0 Å². The molecule has 1 nitrogen and oxygen atoms in total. The van der Waals surface area contributed by atoms with Crippen molar-refractivity contribution in [3.05, 3.63) is 34.6 Å². The van der Waals surface area contributed by atoms with Gasteiger partial charge in [-0.1, -0.05) is 27.7 Å². The first kappa shape index (κ1) is 11.7. The number of halogens is 1. The minimum atomic E-state index is -0.201. The van der Waals surface area contributed by atoms with Crippen molar-refractivity contribution in [3.63, 3.8) is 0 Å². The smallest absolute Gasteiger partial charge is 0.127 e. The molecule has 1 rings (SSSR count). The van der Waals surface area contributed by atoms with Crippen molar-refractivity contribution in [2.75, 3.05) is 0 Å². The molecule has 0 radical (unpaired) electrons. The summed E-state index contributed by atoms with van der Waals surface area (Å²) in [6.45, 7) is 7.78. The predicted molar refractivity (Wildman–Crippen MR) is 59.3 cm³/mol. The zero-order chi connectivity index (χ0) is 11.6. The zero-order valence-corrected chi connectivity index (χ0v) is 9.63. The minimum Gasteiger partial charge on any atom is -0.207 e. The van der Waals surface area contributed by atoms with Crippen LogP contribution in [0.4, 0.5) is 4.39 Å². The summed E-state index contributed by atoms with van der Waals surface area (Å²) < 4.78 is 13.7. The van der Waals surface area contributed by atoms with E-state index >= 15 is 0 Å². The van der Waals surface area contributed by atoms with Gasteiger partial charge in [0.25, 0.3) is 0 Å². The van der Waals surface area contributed by atoms with Crippen LogP contribution in [0.25, 0.3) is 0 Å². The Morgan fingerprint density at radius 1 is 1.07 bits per heavy atom. The van der Waals surface area contributed by atoms with Crippen LogP contribution in [0.15, 0.2) is 12.1 Å². The first-order chi connectivity index (χ1) is 6.97. The number of hydrogen-bond donors (Lipinski definition) is 0. The summed E-state index contributed by atoms with van der Waals surface area (Å²) in [5.41, 5.74) is 2.01. The zero-order valence-electron chi connectivity index (χ0n) is 9.63. The molecule has 2 heteroatoms. The molecule has 0 unspecified atom stereocenters. The summed E-state index contributed by atoms with van der Waals surface area (Å²) in [6.07, 6.45) is 0. The Bertz CT molecular complexity index is 400. The molecule has 0 aliphatic carbocycles. The van der Waals surface area contributed by atoms with Gasteiger partial charge in [-0.05, 0) is 35.1 Å². The molecule has 0 atom stereocenters. The lowest BCUT2D eigenvalue weighted by atomic mass is 9.92. The van der Waals surface area contributed by atoms with E-state index in [1.807, 2.05) is 27.7 Å². The van der Waals surface area contributed by atoms with Gasteiger partial charge in [0.05, 0.1) is 11.6 Å². The fraction of sp³-hybridized carbons (Fsp3) is 0.462. The number of hydrogen-bond acceptors (Lipinski definition) is 1. The molecule has 0 aliphatic rings. The van der Waals surface area contributed by atoms with Gasteiger partial charge >= 0.3 is 0 Å². The van der Waals surface area contributed by atoms with Crippen LogP contribution < -0.4 is 0 Å². The summed E-state index contributed by atoms with van der Waals surface area (Å²) in [4.78, 5) is 0. The highest BCUT2D eigenvalue weighted by Crippen LogP contribution is 2.26. The van der Waals surface area contributed by atoms with E-state index in [1.165, 1.54) is 6.07 Å². The van der Waals surface area contributed by atoms with Crippen molar-refractivity contribution in [3.8, 4) is 6.07 Å². The Balaban J connectivity index is 3.37. The highest BCUT2D eigenvalue weighted by atomic mass is 19.1. The average Bonchev–Trinajstić information content (AvgIpc) is 2.16. The Morgan fingerprint density at radius 2 is 1.60 bits per heavy atom. The van der Waals surface area contributed by atoms with E-state index in [0.29, 0.717) is 11.1 Å². The molecule has 0 amide bonds. The van der Waals surface area contributed by atoms with E-state index in [2.05, 4.69) is 6.07 Å². The van der Waals surface area contributed by atoms with E-state index in [-0.39, 0.29) is 17.7 Å². The third kappa shape index (κ3) is 2.36. The fourth-order valence-electron chi connectivity index (χ4n) is 1.62. The summed E-state index contributed by atoms with van der Waals surface area (Å²) in [5.74, 6) is 0.0846. The third-order valence-corrected chi connectivity index (χ3v) is 2.53. The number of rotatable bonds is 2. The molecule has 80 valence electrons. The van der Waals surface area contributed by atoms with Gasteiger partial charge in [0.15, 0.2) is 0 Å². The molecule has 0 saturated heterocycles. The predicted octanol–water partition coefficient (Wildman–Crippen LogP) is 3.94. The van der Waals surface area contributed by atoms with Crippen LogP contribution >= 0.6 is 0 Å². The van der Waals surface area contributed by atoms with Crippen LogP contribution in [0.1, 0.15) is 56.2 Å². The third-order valence-electron chi connectivity index (χ3n) is 2.53. The largest absolute Gasteiger partial charge is 0.207 e. The molecule has 0 heterocycles. The summed E-state index contributed by atoms with van der Waals surface area (Å²) in [5, 5.41) is 8.99. The van der Waals surface area contributed by atoms with Crippen LogP contribution in [0.2, 0.25) is 0 Å². The van der Waals surface area contributed by atoms with E-state index in [4.69, 9.17) is 5.26 Å².